The van der Waals surface area contributed by atoms with E-state index in [1.807, 2.05) is 42.5 Å². The molecule has 5 heteroatoms. The van der Waals surface area contributed by atoms with E-state index in [1.165, 1.54) is 17.3 Å². The number of ether oxygens (including phenoxy) is 1. The van der Waals surface area contributed by atoms with Gasteiger partial charge < -0.3 is 4.74 Å². The van der Waals surface area contributed by atoms with Crippen molar-refractivity contribution in [2.75, 3.05) is 6.54 Å². The molecule has 1 heterocycles. The van der Waals surface area contributed by atoms with Gasteiger partial charge in [-0.2, -0.15) is 0 Å². The molecule has 1 aliphatic heterocycles. The predicted octanol–water partition coefficient (Wildman–Crippen LogP) is 4.96. The number of benzene rings is 2. The van der Waals surface area contributed by atoms with Crippen LogP contribution < -0.4 is 4.74 Å². The summed E-state index contributed by atoms with van der Waals surface area (Å²) in [4.78, 5) is 14.7. The molecule has 0 atom stereocenters. The normalized spacial score (nSPS) is 15.6. The zero-order valence-corrected chi connectivity index (χ0v) is 16.1. The van der Waals surface area contributed by atoms with Crippen LogP contribution in [0, 0.1) is 6.92 Å². The van der Waals surface area contributed by atoms with Gasteiger partial charge in [-0.25, -0.2) is 0 Å². The molecule has 0 unspecified atom stereocenters. The van der Waals surface area contributed by atoms with E-state index >= 15 is 0 Å². The summed E-state index contributed by atoms with van der Waals surface area (Å²) in [6.07, 6.45) is 3.52. The van der Waals surface area contributed by atoms with E-state index in [4.69, 9.17) is 17.0 Å². The summed E-state index contributed by atoms with van der Waals surface area (Å²) in [5.41, 5.74) is 3.19. The van der Waals surface area contributed by atoms with Crippen LogP contribution >= 0.6 is 24.0 Å². The van der Waals surface area contributed by atoms with E-state index in [2.05, 4.69) is 25.6 Å². The molecular weight excluding hydrogens is 362 g/mol. The lowest BCUT2D eigenvalue weighted by atomic mass is 10.1. The first kappa shape index (κ1) is 18.4. The second kappa shape index (κ2) is 8.34. The first-order valence-electron chi connectivity index (χ1n) is 8.22. The molecule has 0 bridgehead atoms. The van der Waals surface area contributed by atoms with Crippen molar-refractivity contribution in [2.45, 2.75) is 13.5 Å². The van der Waals surface area contributed by atoms with Crippen molar-refractivity contribution in [3.05, 3.63) is 82.8 Å². The number of nitrogens with zero attached hydrogens (tertiary/aromatic N) is 1. The number of aryl methyl sites for hydroxylation is 1. The molecule has 0 N–H and O–H groups in total. The number of thiocarbonyl (C=S) groups is 1. The van der Waals surface area contributed by atoms with E-state index < -0.39 is 0 Å². The highest BCUT2D eigenvalue weighted by Gasteiger charge is 2.31. The van der Waals surface area contributed by atoms with Gasteiger partial charge in [0.15, 0.2) is 0 Å². The second-order valence-electron chi connectivity index (χ2n) is 5.83. The molecule has 3 rings (SSSR count). The van der Waals surface area contributed by atoms with Crippen molar-refractivity contribution in [3.63, 3.8) is 0 Å². The van der Waals surface area contributed by atoms with Crippen LogP contribution in [0.5, 0.6) is 5.75 Å². The molecule has 1 amide bonds. The first-order chi connectivity index (χ1) is 12.6. The Morgan fingerprint density at radius 1 is 1.19 bits per heavy atom. The van der Waals surface area contributed by atoms with Gasteiger partial charge in [0.1, 0.15) is 16.7 Å². The maximum Gasteiger partial charge on any atom is 0.266 e. The number of carbonyl (C=O) groups excluding carboxylic acids is 1. The van der Waals surface area contributed by atoms with Crippen molar-refractivity contribution < 1.29 is 9.53 Å². The van der Waals surface area contributed by atoms with Gasteiger partial charge in [0.2, 0.25) is 0 Å². The minimum Gasteiger partial charge on any atom is -0.488 e. The van der Waals surface area contributed by atoms with Crippen LogP contribution in [0.3, 0.4) is 0 Å². The molecule has 1 aliphatic rings. The largest absolute Gasteiger partial charge is 0.488 e. The Labute approximate surface area is 163 Å². The van der Waals surface area contributed by atoms with Crippen LogP contribution in [0.2, 0.25) is 0 Å². The lowest BCUT2D eigenvalue weighted by Gasteiger charge is -2.12. The van der Waals surface area contributed by atoms with Crippen LogP contribution in [0.15, 0.2) is 66.1 Å². The fourth-order valence-corrected chi connectivity index (χ4v) is 3.85. The van der Waals surface area contributed by atoms with E-state index in [-0.39, 0.29) is 5.91 Å². The molecule has 26 heavy (non-hydrogen) atoms. The third-order valence-electron chi connectivity index (χ3n) is 4.04. The third kappa shape index (κ3) is 4.06. The summed E-state index contributed by atoms with van der Waals surface area (Å²) in [6.45, 7) is 6.64. The maximum absolute atomic E-state index is 12.5. The van der Waals surface area contributed by atoms with Crippen molar-refractivity contribution in [2.24, 2.45) is 0 Å². The Morgan fingerprint density at radius 3 is 2.69 bits per heavy atom. The highest BCUT2D eigenvalue weighted by molar-refractivity contribution is 8.26. The summed E-state index contributed by atoms with van der Waals surface area (Å²) in [5.74, 6) is 0.651. The SMILES string of the molecule is C=CCN1C(=O)/C(=C\c2ccccc2OCc2ccccc2C)SC1=S. The van der Waals surface area contributed by atoms with Gasteiger partial charge in [-0.1, -0.05) is 72.5 Å². The molecule has 1 fully saturated rings. The molecular formula is C21H19NO2S2. The smallest absolute Gasteiger partial charge is 0.266 e. The van der Waals surface area contributed by atoms with Crippen LogP contribution in [0.4, 0.5) is 0 Å². The van der Waals surface area contributed by atoms with Crippen molar-refractivity contribution >= 4 is 40.3 Å². The lowest BCUT2D eigenvalue weighted by Crippen LogP contribution is -2.27. The van der Waals surface area contributed by atoms with Gasteiger partial charge in [-0.05, 0) is 30.2 Å². The summed E-state index contributed by atoms with van der Waals surface area (Å²) >= 11 is 6.59. The van der Waals surface area contributed by atoms with Crippen LogP contribution in [-0.4, -0.2) is 21.7 Å². The standard InChI is InChI=1S/C21H19NO2S2/c1-3-12-22-20(23)19(26-21(22)25)13-16-9-6-7-11-18(16)24-14-17-10-5-4-8-15(17)2/h3-11,13H,1,12,14H2,2H3/b19-13+. The Hall–Kier alpha value is -2.37. The highest BCUT2D eigenvalue weighted by atomic mass is 32.2. The molecule has 0 spiro atoms. The molecule has 0 aromatic heterocycles. The molecule has 2 aromatic carbocycles. The lowest BCUT2D eigenvalue weighted by molar-refractivity contribution is -0.121. The van der Waals surface area contributed by atoms with Gasteiger partial charge in [-0.3, -0.25) is 9.69 Å². The van der Waals surface area contributed by atoms with E-state index in [0.717, 1.165) is 16.9 Å². The number of thioether (sulfide) groups is 1. The van der Waals surface area contributed by atoms with E-state index in [9.17, 15) is 4.79 Å². The Balaban J connectivity index is 1.81. The minimum absolute atomic E-state index is 0.0893. The molecule has 132 valence electrons. The summed E-state index contributed by atoms with van der Waals surface area (Å²) in [5, 5.41) is 0. The van der Waals surface area contributed by atoms with Crippen molar-refractivity contribution in [1.29, 1.82) is 0 Å². The van der Waals surface area contributed by atoms with Crippen LogP contribution in [-0.2, 0) is 11.4 Å². The topological polar surface area (TPSA) is 29.5 Å². The molecule has 1 saturated heterocycles. The number of rotatable bonds is 6. The van der Waals surface area contributed by atoms with Crippen molar-refractivity contribution in [3.8, 4) is 5.75 Å². The molecule has 3 nitrogen and oxygen atoms in total. The zero-order valence-electron chi connectivity index (χ0n) is 14.5. The van der Waals surface area contributed by atoms with Gasteiger partial charge in [-0.15, -0.1) is 6.58 Å². The van der Waals surface area contributed by atoms with Gasteiger partial charge >= 0.3 is 0 Å². The van der Waals surface area contributed by atoms with Crippen LogP contribution in [0.25, 0.3) is 6.08 Å². The predicted molar refractivity (Wildman–Crippen MR) is 112 cm³/mol. The quantitative estimate of drug-likeness (QED) is 0.402. The second-order valence-corrected chi connectivity index (χ2v) is 7.51. The number of para-hydroxylation sites is 1. The van der Waals surface area contributed by atoms with E-state index in [1.54, 1.807) is 11.0 Å². The molecule has 2 aromatic rings. The average molecular weight is 382 g/mol. The van der Waals surface area contributed by atoms with Crippen molar-refractivity contribution in [1.82, 2.24) is 4.90 Å². The van der Waals surface area contributed by atoms with Gasteiger partial charge in [0, 0.05) is 12.1 Å². The number of carbonyl (C=O) groups is 1. The maximum atomic E-state index is 12.5. The fourth-order valence-electron chi connectivity index (χ4n) is 2.59. The molecule has 0 aliphatic carbocycles. The molecule has 0 radical (unpaired) electrons. The summed E-state index contributed by atoms with van der Waals surface area (Å²) in [6, 6.07) is 15.8. The fraction of sp³-hybridized carbons (Fsp3) is 0.143. The monoisotopic (exact) mass is 381 g/mol. The number of amides is 1. The highest BCUT2D eigenvalue weighted by Crippen LogP contribution is 2.34. The zero-order chi connectivity index (χ0) is 18.5. The Kier molecular flexibility index (Phi) is 5.91. The third-order valence-corrected chi connectivity index (χ3v) is 5.41. The Morgan fingerprint density at radius 2 is 1.92 bits per heavy atom. The summed E-state index contributed by atoms with van der Waals surface area (Å²) in [7, 11) is 0. The first-order valence-corrected chi connectivity index (χ1v) is 9.45. The number of hydrogen-bond acceptors (Lipinski definition) is 4. The Bertz CT molecular complexity index is 889. The van der Waals surface area contributed by atoms with Gasteiger partial charge in [0.05, 0.1) is 4.91 Å². The molecule has 0 saturated carbocycles. The minimum atomic E-state index is -0.0893. The van der Waals surface area contributed by atoms with Gasteiger partial charge in [0.25, 0.3) is 5.91 Å². The average Bonchev–Trinajstić information content (AvgIpc) is 2.90. The summed E-state index contributed by atoms with van der Waals surface area (Å²) < 4.78 is 6.58. The van der Waals surface area contributed by atoms with Crippen LogP contribution in [0.1, 0.15) is 16.7 Å². The number of hydrogen-bond donors (Lipinski definition) is 0. The van der Waals surface area contributed by atoms with E-state index in [0.29, 0.717) is 22.4 Å².